The van der Waals surface area contributed by atoms with Crippen LogP contribution in [0.4, 0.5) is 22.2 Å². The van der Waals surface area contributed by atoms with Crippen LogP contribution >= 0.6 is 0 Å². The van der Waals surface area contributed by atoms with Gasteiger partial charge in [0.2, 0.25) is 5.95 Å². The largest absolute Gasteiger partial charge is 0.352 e. The van der Waals surface area contributed by atoms with Gasteiger partial charge in [0, 0.05) is 38.6 Å². The molecule has 1 unspecified atom stereocenters. The van der Waals surface area contributed by atoms with Gasteiger partial charge in [-0.2, -0.15) is 10.1 Å². The SMILES string of the molecule is CC(C)NC(=O)N1C2CC[C@@H]1CN(c1ccnc(Nc3cnn(C)c3)n1)C2. The topological polar surface area (TPSA) is 91.2 Å². The predicted molar refractivity (Wildman–Crippen MR) is 103 cm³/mol. The molecule has 2 saturated heterocycles. The molecule has 2 amide bonds. The summed E-state index contributed by atoms with van der Waals surface area (Å²) in [5.41, 5.74) is 0.852. The predicted octanol–water partition coefficient (Wildman–Crippen LogP) is 1.72. The van der Waals surface area contributed by atoms with Crippen LogP contribution < -0.4 is 15.5 Å². The zero-order valence-electron chi connectivity index (χ0n) is 16.0. The number of hydrogen-bond donors (Lipinski definition) is 2. The Morgan fingerprint density at radius 1 is 1.26 bits per heavy atom. The number of aromatic nitrogens is 4. The third-order valence-electron chi connectivity index (χ3n) is 5.05. The zero-order valence-corrected chi connectivity index (χ0v) is 16.0. The van der Waals surface area contributed by atoms with Gasteiger partial charge in [-0.3, -0.25) is 4.68 Å². The first-order chi connectivity index (χ1) is 13.0. The minimum atomic E-state index is 0.0544. The van der Waals surface area contributed by atoms with E-state index in [9.17, 15) is 4.79 Å². The van der Waals surface area contributed by atoms with E-state index in [0.717, 1.165) is 37.4 Å². The molecule has 2 aliphatic rings. The second-order valence-electron chi connectivity index (χ2n) is 7.57. The van der Waals surface area contributed by atoms with Gasteiger partial charge in [0.25, 0.3) is 0 Å². The third kappa shape index (κ3) is 3.67. The Labute approximate surface area is 158 Å². The highest BCUT2D eigenvalue weighted by Crippen LogP contribution is 2.32. The van der Waals surface area contributed by atoms with Crippen LogP contribution in [-0.4, -0.2) is 61.9 Å². The average Bonchev–Trinajstić information content (AvgIpc) is 3.14. The van der Waals surface area contributed by atoms with Gasteiger partial charge in [0.15, 0.2) is 0 Å². The highest BCUT2D eigenvalue weighted by molar-refractivity contribution is 5.76. The fourth-order valence-corrected chi connectivity index (χ4v) is 3.94. The first-order valence-corrected chi connectivity index (χ1v) is 9.42. The van der Waals surface area contributed by atoms with E-state index in [1.54, 1.807) is 17.1 Å². The summed E-state index contributed by atoms with van der Waals surface area (Å²) in [6.45, 7) is 5.58. The maximum Gasteiger partial charge on any atom is 0.318 e. The van der Waals surface area contributed by atoms with Crippen molar-refractivity contribution in [2.24, 2.45) is 7.05 Å². The molecule has 2 aliphatic heterocycles. The van der Waals surface area contributed by atoms with E-state index < -0.39 is 0 Å². The second-order valence-corrected chi connectivity index (χ2v) is 7.57. The Hall–Kier alpha value is -2.84. The molecule has 0 aliphatic carbocycles. The summed E-state index contributed by atoms with van der Waals surface area (Å²) in [6.07, 6.45) is 7.46. The van der Waals surface area contributed by atoms with Crippen LogP contribution in [0.1, 0.15) is 26.7 Å². The zero-order chi connectivity index (χ0) is 19.0. The number of aryl methyl sites for hydroxylation is 1. The quantitative estimate of drug-likeness (QED) is 0.852. The van der Waals surface area contributed by atoms with Gasteiger partial charge in [-0.15, -0.1) is 0 Å². The first-order valence-electron chi connectivity index (χ1n) is 9.42. The van der Waals surface area contributed by atoms with Gasteiger partial charge in [-0.1, -0.05) is 0 Å². The summed E-state index contributed by atoms with van der Waals surface area (Å²) >= 11 is 0. The maximum absolute atomic E-state index is 12.5. The maximum atomic E-state index is 12.5. The lowest BCUT2D eigenvalue weighted by Crippen LogP contribution is -2.59. The molecule has 0 spiro atoms. The van der Waals surface area contributed by atoms with Crippen molar-refractivity contribution < 1.29 is 4.79 Å². The molecule has 9 heteroatoms. The van der Waals surface area contributed by atoms with Crippen LogP contribution in [0.25, 0.3) is 0 Å². The Balaban J connectivity index is 1.46. The van der Waals surface area contributed by atoms with E-state index in [0.29, 0.717) is 5.95 Å². The number of amides is 2. The van der Waals surface area contributed by atoms with E-state index in [1.807, 2.05) is 38.1 Å². The van der Waals surface area contributed by atoms with Crippen LogP contribution in [0.5, 0.6) is 0 Å². The van der Waals surface area contributed by atoms with Crippen molar-refractivity contribution in [1.82, 2.24) is 30.0 Å². The highest BCUT2D eigenvalue weighted by atomic mass is 16.2. The Morgan fingerprint density at radius 2 is 2.00 bits per heavy atom. The van der Waals surface area contributed by atoms with E-state index in [-0.39, 0.29) is 24.2 Å². The molecule has 27 heavy (non-hydrogen) atoms. The second kappa shape index (κ2) is 7.05. The van der Waals surface area contributed by atoms with Gasteiger partial charge in [-0.25, -0.2) is 9.78 Å². The van der Waals surface area contributed by atoms with E-state index >= 15 is 0 Å². The molecule has 0 saturated carbocycles. The minimum absolute atomic E-state index is 0.0544. The standard InChI is InChI=1S/C18H26N8O/c1-12(2)21-18(27)26-14-4-5-15(26)11-25(10-14)16-6-7-19-17(23-16)22-13-8-20-24(3)9-13/h6-9,12,14-15H,4-5,10-11H2,1-3H3,(H,21,27)(H,19,22,23)/t14-,15?/m1/s1. The Bertz CT molecular complexity index is 805. The van der Waals surface area contributed by atoms with Crippen molar-refractivity contribution in [1.29, 1.82) is 0 Å². The molecule has 2 bridgehead atoms. The summed E-state index contributed by atoms with van der Waals surface area (Å²) in [5.74, 6) is 1.44. The first kappa shape index (κ1) is 17.6. The van der Waals surface area contributed by atoms with Crippen LogP contribution in [0.15, 0.2) is 24.7 Å². The summed E-state index contributed by atoms with van der Waals surface area (Å²) in [5, 5.41) is 10.4. The minimum Gasteiger partial charge on any atom is -0.352 e. The summed E-state index contributed by atoms with van der Waals surface area (Å²) < 4.78 is 1.73. The van der Waals surface area contributed by atoms with Crippen molar-refractivity contribution in [3.05, 3.63) is 24.7 Å². The number of anilines is 3. The average molecular weight is 370 g/mol. The monoisotopic (exact) mass is 370 g/mol. The van der Waals surface area contributed by atoms with Crippen LogP contribution in [0, 0.1) is 0 Å². The molecule has 2 fully saturated rings. The number of nitrogens with zero attached hydrogens (tertiary/aromatic N) is 6. The van der Waals surface area contributed by atoms with E-state index in [2.05, 4.69) is 30.6 Å². The fraction of sp³-hybridized carbons (Fsp3) is 0.556. The number of nitrogens with one attached hydrogen (secondary N) is 2. The molecule has 9 nitrogen and oxygen atoms in total. The van der Waals surface area contributed by atoms with Gasteiger partial charge in [0.1, 0.15) is 5.82 Å². The van der Waals surface area contributed by atoms with Crippen molar-refractivity contribution >= 4 is 23.5 Å². The molecular formula is C18H26N8O. The number of fused-ring (bicyclic) bond motifs is 2. The number of carbonyl (C=O) groups excluding carboxylic acids is 1. The normalized spacial score (nSPS) is 21.6. The fourth-order valence-electron chi connectivity index (χ4n) is 3.94. The Morgan fingerprint density at radius 3 is 2.63 bits per heavy atom. The summed E-state index contributed by atoms with van der Waals surface area (Å²) in [4.78, 5) is 25.8. The van der Waals surface area contributed by atoms with Crippen LogP contribution in [-0.2, 0) is 7.05 Å². The summed E-state index contributed by atoms with van der Waals surface area (Å²) in [6, 6.07) is 2.59. The van der Waals surface area contributed by atoms with Gasteiger partial charge >= 0.3 is 6.03 Å². The Kier molecular flexibility index (Phi) is 4.59. The lowest BCUT2D eigenvalue weighted by Gasteiger charge is -2.41. The van der Waals surface area contributed by atoms with Gasteiger partial charge < -0.3 is 20.4 Å². The van der Waals surface area contributed by atoms with Crippen LogP contribution in [0.2, 0.25) is 0 Å². The number of hydrogen-bond acceptors (Lipinski definition) is 6. The molecule has 0 aromatic carbocycles. The molecule has 4 rings (SSSR count). The number of rotatable bonds is 4. The molecule has 2 aromatic heterocycles. The molecule has 0 radical (unpaired) electrons. The molecule has 2 N–H and O–H groups in total. The third-order valence-corrected chi connectivity index (χ3v) is 5.05. The van der Waals surface area contributed by atoms with Crippen molar-refractivity contribution in [2.75, 3.05) is 23.3 Å². The molecule has 2 atom stereocenters. The van der Waals surface area contributed by atoms with Crippen molar-refractivity contribution in [3.8, 4) is 0 Å². The van der Waals surface area contributed by atoms with E-state index in [1.165, 1.54) is 0 Å². The van der Waals surface area contributed by atoms with Crippen LogP contribution in [0.3, 0.4) is 0 Å². The highest BCUT2D eigenvalue weighted by Gasteiger charge is 2.43. The van der Waals surface area contributed by atoms with Crippen molar-refractivity contribution in [2.45, 2.75) is 44.8 Å². The number of carbonyl (C=O) groups is 1. The molecule has 4 heterocycles. The van der Waals surface area contributed by atoms with Gasteiger partial charge in [-0.05, 0) is 32.8 Å². The molecule has 144 valence electrons. The molecule has 2 aromatic rings. The lowest BCUT2D eigenvalue weighted by atomic mass is 10.2. The van der Waals surface area contributed by atoms with Crippen molar-refractivity contribution in [3.63, 3.8) is 0 Å². The van der Waals surface area contributed by atoms with E-state index in [4.69, 9.17) is 0 Å². The molecular weight excluding hydrogens is 344 g/mol. The smallest absolute Gasteiger partial charge is 0.318 e. The number of piperazine rings is 1. The lowest BCUT2D eigenvalue weighted by molar-refractivity contribution is 0.160. The van der Waals surface area contributed by atoms with Gasteiger partial charge in [0.05, 0.1) is 24.0 Å². The summed E-state index contributed by atoms with van der Waals surface area (Å²) in [7, 11) is 1.87. The number of urea groups is 1.